The van der Waals surface area contributed by atoms with E-state index in [2.05, 4.69) is 33.2 Å². The van der Waals surface area contributed by atoms with Crippen LogP contribution in [0, 0.1) is 23.7 Å². The molecule has 1 aromatic rings. The van der Waals surface area contributed by atoms with Gasteiger partial charge < -0.3 is 41.2 Å². The number of aliphatic hydroxyl groups excluding tert-OH is 1. The molecule has 1 heterocycles. The molecule has 12 heteroatoms. The summed E-state index contributed by atoms with van der Waals surface area (Å²) in [4.78, 5) is 53.0. The van der Waals surface area contributed by atoms with Gasteiger partial charge in [0, 0.05) is 30.7 Å². The molecule has 4 amide bonds. The van der Waals surface area contributed by atoms with Crippen LogP contribution in [0.4, 0.5) is 4.79 Å². The Balaban J connectivity index is 2.08. The van der Waals surface area contributed by atoms with Crippen LogP contribution in [-0.4, -0.2) is 78.0 Å². The summed E-state index contributed by atoms with van der Waals surface area (Å²) in [5.74, 6) is -2.25. The highest BCUT2D eigenvalue weighted by atomic mass is 16.6. The van der Waals surface area contributed by atoms with Crippen molar-refractivity contribution >= 4 is 23.8 Å². The summed E-state index contributed by atoms with van der Waals surface area (Å²) < 4.78 is 10.9. The van der Waals surface area contributed by atoms with Gasteiger partial charge in [-0.15, -0.1) is 0 Å². The molecule has 1 aromatic carbocycles. The minimum absolute atomic E-state index is 0.110. The van der Waals surface area contributed by atoms with Crippen LogP contribution >= 0.6 is 0 Å². The van der Waals surface area contributed by atoms with Crippen LogP contribution in [0.1, 0.15) is 87.1 Å². The number of alkyl carbamates (subject to hydrolysis) is 1. The smallest absolute Gasteiger partial charge is 0.408 e. The van der Waals surface area contributed by atoms with Gasteiger partial charge in [0.25, 0.3) is 0 Å². The maximum absolute atomic E-state index is 13.9. The zero-order valence-electron chi connectivity index (χ0n) is 30.9. The van der Waals surface area contributed by atoms with Crippen molar-refractivity contribution < 1.29 is 33.8 Å². The van der Waals surface area contributed by atoms with E-state index < -0.39 is 53.7 Å². The number of ether oxygens (including phenoxy) is 2. The zero-order chi connectivity index (χ0) is 36.9. The Morgan fingerprint density at radius 3 is 2.12 bits per heavy atom. The highest BCUT2D eigenvalue weighted by Crippen LogP contribution is 2.21. The second kappa shape index (κ2) is 19.5. The van der Waals surface area contributed by atoms with Crippen LogP contribution in [0.5, 0.6) is 0 Å². The third-order valence-corrected chi connectivity index (χ3v) is 8.44. The maximum Gasteiger partial charge on any atom is 0.408 e. The molecular weight excluding hydrogens is 626 g/mol. The molecule has 7 atom stereocenters. The van der Waals surface area contributed by atoms with E-state index >= 15 is 0 Å². The highest BCUT2D eigenvalue weighted by Gasteiger charge is 2.38. The van der Waals surface area contributed by atoms with Gasteiger partial charge in [0.1, 0.15) is 17.7 Å². The van der Waals surface area contributed by atoms with E-state index in [1.165, 1.54) is 0 Å². The number of hydrogen-bond acceptors (Lipinski definition) is 8. The fraction of sp³-hybridized carbons (Fsp3) is 0.676. The van der Waals surface area contributed by atoms with Crippen LogP contribution in [0.3, 0.4) is 0 Å². The van der Waals surface area contributed by atoms with E-state index in [9.17, 15) is 24.3 Å². The Hall–Kier alpha value is -3.64. The number of hydrogen-bond donors (Lipinski definition) is 6. The van der Waals surface area contributed by atoms with Gasteiger partial charge in [0.05, 0.1) is 24.8 Å². The molecule has 1 fully saturated rings. The predicted molar refractivity (Wildman–Crippen MR) is 190 cm³/mol. The van der Waals surface area contributed by atoms with Crippen LogP contribution in [0.15, 0.2) is 42.6 Å². The zero-order valence-corrected chi connectivity index (χ0v) is 30.9. The van der Waals surface area contributed by atoms with Gasteiger partial charge in [-0.1, -0.05) is 71.5 Å². The summed E-state index contributed by atoms with van der Waals surface area (Å²) in [7, 11) is 0. The predicted octanol–water partition coefficient (Wildman–Crippen LogP) is 3.78. The third kappa shape index (κ3) is 14.8. The number of benzene rings is 1. The summed E-state index contributed by atoms with van der Waals surface area (Å²) in [6.07, 6.45) is -0.641. The Kier molecular flexibility index (Phi) is 16.5. The van der Waals surface area contributed by atoms with Crippen LogP contribution in [-0.2, 0) is 30.4 Å². The van der Waals surface area contributed by atoms with Crippen molar-refractivity contribution in [2.75, 3.05) is 13.2 Å². The molecule has 0 aromatic heterocycles. The minimum atomic E-state index is -1.03. The van der Waals surface area contributed by atoms with Crippen molar-refractivity contribution in [3.63, 3.8) is 0 Å². The van der Waals surface area contributed by atoms with Crippen molar-refractivity contribution in [3.8, 4) is 0 Å². The van der Waals surface area contributed by atoms with Crippen LogP contribution < -0.4 is 26.6 Å². The number of nitrogens with one attached hydrogen (secondary N) is 5. The summed E-state index contributed by atoms with van der Waals surface area (Å²) in [6, 6.07) is 6.94. The molecule has 0 bridgehead atoms. The Morgan fingerprint density at radius 1 is 0.918 bits per heavy atom. The molecule has 0 spiro atoms. The summed E-state index contributed by atoms with van der Waals surface area (Å²) >= 11 is 0. The molecule has 12 nitrogen and oxygen atoms in total. The molecule has 49 heavy (non-hydrogen) atoms. The fourth-order valence-corrected chi connectivity index (χ4v) is 5.56. The van der Waals surface area contributed by atoms with Gasteiger partial charge in [0.15, 0.2) is 0 Å². The minimum Gasteiger partial charge on any atom is -0.444 e. The second-order valence-corrected chi connectivity index (χ2v) is 15.0. The molecule has 0 aliphatic carbocycles. The second-order valence-electron chi connectivity index (χ2n) is 15.0. The van der Waals surface area contributed by atoms with E-state index in [-0.39, 0.29) is 42.7 Å². The standard InChI is InChI=1S/C37H61N5O7/c1-22(2)18-29(30(43)19-24(5)33(44)39-26(7)25(6)38-20-27-14-12-11-13-15-27)40-35(46)32(28-16-17-48-21-28)41-34(45)31(23(3)4)42-36(47)49-37(8,9)10/h11-15,22-24,26,28-32,38,43H,6,16-21H2,1-5,7-10H3,(H,39,44)(H,40,46)(H,41,45)(H,42,47)/t24-,26+,28-,29+,30+,31+,32+/m1/s1. The summed E-state index contributed by atoms with van der Waals surface area (Å²) in [6.45, 7) is 21.7. The van der Waals surface area contributed by atoms with Crippen LogP contribution in [0.25, 0.3) is 0 Å². The Bertz CT molecular complexity index is 1230. The first-order valence-corrected chi connectivity index (χ1v) is 17.5. The van der Waals surface area contributed by atoms with E-state index in [1.54, 1.807) is 41.5 Å². The average Bonchev–Trinajstić information content (AvgIpc) is 3.54. The maximum atomic E-state index is 13.9. The molecule has 0 saturated carbocycles. The van der Waals surface area contributed by atoms with Crippen molar-refractivity contribution in [1.82, 2.24) is 26.6 Å². The number of aliphatic hydroxyl groups is 1. The quantitative estimate of drug-likeness (QED) is 0.136. The van der Waals surface area contributed by atoms with Gasteiger partial charge in [0.2, 0.25) is 17.7 Å². The lowest BCUT2D eigenvalue weighted by molar-refractivity contribution is -0.133. The molecule has 1 aliphatic heterocycles. The number of carbonyl (C=O) groups is 4. The number of carbonyl (C=O) groups excluding carboxylic acids is 4. The van der Waals surface area contributed by atoms with Crippen molar-refractivity contribution in [2.24, 2.45) is 23.7 Å². The topological polar surface area (TPSA) is 167 Å². The lowest BCUT2D eigenvalue weighted by atomic mass is 9.91. The van der Waals surface area contributed by atoms with E-state index in [0.29, 0.717) is 31.7 Å². The lowest BCUT2D eigenvalue weighted by Crippen LogP contribution is -2.59. The monoisotopic (exact) mass is 687 g/mol. The van der Waals surface area contributed by atoms with Gasteiger partial charge >= 0.3 is 6.09 Å². The van der Waals surface area contributed by atoms with Gasteiger partial charge in [-0.25, -0.2) is 4.79 Å². The molecule has 1 aliphatic rings. The van der Waals surface area contributed by atoms with Crippen LogP contribution in [0.2, 0.25) is 0 Å². The van der Waals surface area contributed by atoms with E-state index in [0.717, 1.165) is 5.56 Å². The molecule has 276 valence electrons. The van der Waals surface area contributed by atoms with Crippen molar-refractivity contribution in [2.45, 2.75) is 124 Å². The molecule has 2 rings (SSSR count). The first-order chi connectivity index (χ1) is 22.9. The van der Waals surface area contributed by atoms with E-state index in [1.807, 2.05) is 51.1 Å². The summed E-state index contributed by atoms with van der Waals surface area (Å²) in [5.41, 5.74) is 1.01. The van der Waals surface area contributed by atoms with Crippen molar-refractivity contribution in [3.05, 3.63) is 48.2 Å². The normalized spacial score (nSPS) is 18.4. The summed E-state index contributed by atoms with van der Waals surface area (Å²) in [5, 5.41) is 26.1. The molecular formula is C37H61N5O7. The molecule has 6 N–H and O–H groups in total. The SMILES string of the molecule is C=C(NCc1ccccc1)[C@H](C)NC(=O)[C@H](C)C[C@H](O)[C@H](CC(C)C)NC(=O)[C@@H](NC(=O)[C@@H](NC(=O)OC(C)(C)C)C(C)C)[C@@H]1CCOC1. The average molecular weight is 688 g/mol. The van der Waals surface area contributed by atoms with Gasteiger partial charge in [-0.05, 0) is 64.4 Å². The third-order valence-electron chi connectivity index (χ3n) is 8.44. The number of rotatable bonds is 18. The highest BCUT2D eigenvalue weighted by molar-refractivity contribution is 5.91. The lowest BCUT2D eigenvalue weighted by Gasteiger charge is -2.32. The Morgan fingerprint density at radius 2 is 1.57 bits per heavy atom. The van der Waals surface area contributed by atoms with E-state index in [4.69, 9.17) is 9.47 Å². The molecule has 0 unspecified atom stereocenters. The largest absolute Gasteiger partial charge is 0.444 e. The first kappa shape index (κ1) is 41.5. The molecule has 0 radical (unpaired) electrons. The van der Waals surface area contributed by atoms with Gasteiger partial charge in [-0.3, -0.25) is 14.4 Å². The van der Waals surface area contributed by atoms with Gasteiger partial charge in [-0.2, -0.15) is 0 Å². The number of amides is 4. The Labute approximate surface area is 292 Å². The fourth-order valence-electron chi connectivity index (χ4n) is 5.56. The first-order valence-electron chi connectivity index (χ1n) is 17.5. The molecule has 1 saturated heterocycles. The van der Waals surface area contributed by atoms with Crippen molar-refractivity contribution in [1.29, 1.82) is 0 Å².